The number of carbonyl (C=O) groups is 6. The molecule has 6 N–H and O–H groups in total. The number of carboxylic acid groups (broad SMARTS) is 4. The van der Waals surface area contributed by atoms with Gasteiger partial charge in [-0.1, -0.05) is 39.1 Å². The SMILES string of the molecule is C=C(C)C(=O)OCC(O)COc1c(C)cc(C(C)(C)c2cc(C)c(OCC(O)COC(=O)C(=C)C)c(CN(CC(=O)O)CC(=O)O)c2)cc1CN(CC(=O)O)CC(=O)O. The van der Waals surface area contributed by atoms with Gasteiger partial charge in [-0.2, -0.15) is 0 Å². The summed E-state index contributed by atoms with van der Waals surface area (Å²) in [4.78, 5) is 72.9. The summed E-state index contributed by atoms with van der Waals surface area (Å²) < 4.78 is 22.0. The zero-order valence-corrected chi connectivity index (χ0v) is 34.1. The lowest BCUT2D eigenvalue weighted by molar-refractivity contribution is -0.144. The fourth-order valence-electron chi connectivity index (χ4n) is 5.86. The molecule has 0 heterocycles. The molecule has 0 fully saturated rings. The second kappa shape index (κ2) is 22.4. The van der Waals surface area contributed by atoms with E-state index in [1.165, 1.54) is 23.6 Å². The van der Waals surface area contributed by atoms with Crippen LogP contribution in [0.1, 0.15) is 61.1 Å². The van der Waals surface area contributed by atoms with Gasteiger partial charge in [0.1, 0.15) is 50.1 Å². The topological polar surface area (TPSA) is 267 Å². The number of aryl methyl sites for hydroxylation is 2. The number of ether oxygens (including phenoxy) is 4. The average Bonchev–Trinajstić information content (AvgIpc) is 3.10. The average molecular weight is 831 g/mol. The summed E-state index contributed by atoms with van der Waals surface area (Å²) in [6.07, 6.45) is -2.54. The fraction of sp³-hybridized carbons (Fsp3) is 0.463. The Bertz CT molecular complexity index is 1740. The standard InChI is InChI=1S/C41H54N2O16/c1-23(2)39(54)58-21-31(44)19-56-37-25(5)9-29(11-27(37)13-42(15-33(46)47)16-34(48)49)41(7,8)30-10-26(6)38(57-20-32(45)22-59-40(55)24(3)4)28(12-30)14-43(17-35(50)51)18-36(52)53/h9-12,31-32,44-45H,1,3,13-22H2,2,4-8H3,(H,46,47)(H,48,49)(H,50,51)(H,52,53). The van der Waals surface area contributed by atoms with Gasteiger partial charge in [0.15, 0.2) is 0 Å². The molecule has 0 bridgehead atoms. The highest BCUT2D eigenvalue weighted by Crippen LogP contribution is 2.40. The lowest BCUT2D eigenvalue weighted by Crippen LogP contribution is -2.34. The Balaban J connectivity index is 2.71. The van der Waals surface area contributed by atoms with Crippen LogP contribution in [0.2, 0.25) is 0 Å². The number of aliphatic hydroxyl groups is 2. The second-order valence-electron chi connectivity index (χ2n) is 14.7. The molecule has 2 atom stereocenters. The Kier molecular flexibility index (Phi) is 18.7. The van der Waals surface area contributed by atoms with Crippen LogP contribution in [-0.2, 0) is 56.7 Å². The lowest BCUT2D eigenvalue weighted by Gasteiger charge is -2.31. The Labute approximate surface area is 341 Å². The first kappa shape index (κ1) is 49.3. The second-order valence-corrected chi connectivity index (χ2v) is 14.7. The van der Waals surface area contributed by atoms with E-state index in [2.05, 4.69) is 13.2 Å². The Morgan fingerprint density at radius 2 is 0.898 bits per heavy atom. The fourth-order valence-corrected chi connectivity index (χ4v) is 5.86. The molecule has 0 amide bonds. The minimum absolute atomic E-state index is 0.131. The number of carbonyl (C=O) groups excluding carboxylic acids is 2. The molecule has 0 saturated heterocycles. The minimum atomic E-state index is -1.28. The quantitative estimate of drug-likeness (QED) is 0.0586. The number of nitrogens with zero attached hydrogens (tertiary/aromatic N) is 2. The van der Waals surface area contributed by atoms with Crippen LogP contribution >= 0.6 is 0 Å². The first-order chi connectivity index (χ1) is 27.4. The van der Waals surface area contributed by atoms with E-state index >= 15 is 0 Å². The van der Waals surface area contributed by atoms with Crippen LogP contribution in [0.5, 0.6) is 11.5 Å². The van der Waals surface area contributed by atoms with Gasteiger partial charge >= 0.3 is 35.8 Å². The third-order valence-electron chi connectivity index (χ3n) is 8.72. The maximum atomic E-state index is 11.8. The van der Waals surface area contributed by atoms with Gasteiger partial charge in [0.25, 0.3) is 0 Å². The van der Waals surface area contributed by atoms with E-state index in [4.69, 9.17) is 18.9 Å². The van der Waals surface area contributed by atoms with Crippen molar-refractivity contribution in [2.75, 3.05) is 52.6 Å². The predicted molar refractivity (Wildman–Crippen MR) is 210 cm³/mol. The number of aliphatic carboxylic acids is 4. The zero-order chi connectivity index (χ0) is 44.8. The summed E-state index contributed by atoms with van der Waals surface area (Å²) in [6.45, 7) is 12.6. The van der Waals surface area contributed by atoms with E-state index < -0.39 is 92.8 Å². The maximum Gasteiger partial charge on any atom is 0.333 e. The molecule has 0 saturated carbocycles. The van der Waals surface area contributed by atoms with Crippen molar-refractivity contribution in [1.82, 2.24) is 9.80 Å². The van der Waals surface area contributed by atoms with E-state index in [1.54, 1.807) is 38.1 Å². The van der Waals surface area contributed by atoms with Gasteiger partial charge in [-0.3, -0.25) is 29.0 Å². The van der Waals surface area contributed by atoms with Crippen molar-refractivity contribution in [2.45, 2.75) is 72.3 Å². The largest absolute Gasteiger partial charge is 0.490 e. The van der Waals surface area contributed by atoms with Crippen molar-refractivity contribution in [3.63, 3.8) is 0 Å². The number of hydrogen-bond acceptors (Lipinski definition) is 14. The van der Waals surface area contributed by atoms with Crippen LogP contribution in [0, 0.1) is 13.8 Å². The predicted octanol–water partition coefficient (Wildman–Crippen LogP) is 2.29. The molecule has 2 aromatic carbocycles. The van der Waals surface area contributed by atoms with E-state index in [1.807, 2.05) is 13.8 Å². The molecule has 18 heteroatoms. The lowest BCUT2D eigenvalue weighted by atomic mass is 9.76. The van der Waals surface area contributed by atoms with Gasteiger partial charge in [0.05, 0.1) is 26.2 Å². The number of aliphatic hydroxyl groups excluding tert-OH is 2. The smallest absolute Gasteiger partial charge is 0.333 e. The molecule has 2 rings (SSSR count). The van der Waals surface area contributed by atoms with E-state index in [9.17, 15) is 59.4 Å². The Morgan fingerprint density at radius 1 is 0.593 bits per heavy atom. The van der Waals surface area contributed by atoms with Gasteiger partial charge in [0.2, 0.25) is 0 Å². The number of hydrogen-bond donors (Lipinski definition) is 6. The van der Waals surface area contributed by atoms with Crippen molar-refractivity contribution in [3.05, 3.63) is 82.0 Å². The summed E-state index contributed by atoms with van der Waals surface area (Å²) in [5.41, 5.74) is 2.41. The Hall–Kier alpha value is -5.82. The number of benzene rings is 2. The van der Waals surface area contributed by atoms with Gasteiger partial charge in [-0.15, -0.1) is 0 Å². The highest BCUT2D eigenvalue weighted by atomic mass is 16.6. The molecular weight excluding hydrogens is 776 g/mol. The van der Waals surface area contributed by atoms with Crippen LogP contribution in [-0.4, -0.2) is 141 Å². The highest BCUT2D eigenvalue weighted by molar-refractivity contribution is 5.87. The molecule has 0 spiro atoms. The number of carboxylic acids is 4. The zero-order valence-electron chi connectivity index (χ0n) is 34.1. The third kappa shape index (κ3) is 16.2. The van der Waals surface area contributed by atoms with E-state index in [0.29, 0.717) is 33.4 Å². The summed E-state index contributed by atoms with van der Waals surface area (Å²) in [5.74, 6) is -6.07. The van der Waals surface area contributed by atoms with Gasteiger partial charge < -0.3 is 49.6 Å². The summed E-state index contributed by atoms with van der Waals surface area (Å²) in [5, 5.41) is 59.3. The van der Waals surface area contributed by atoms with Crippen LogP contribution in [0.15, 0.2) is 48.6 Å². The molecule has 18 nitrogen and oxygen atoms in total. The van der Waals surface area contributed by atoms with E-state index in [-0.39, 0.29) is 48.9 Å². The maximum absolute atomic E-state index is 11.8. The van der Waals surface area contributed by atoms with Crippen LogP contribution in [0.3, 0.4) is 0 Å². The van der Waals surface area contributed by atoms with Crippen molar-refractivity contribution in [1.29, 1.82) is 0 Å². The summed E-state index contributed by atoms with van der Waals surface area (Å²) in [7, 11) is 0. The monoisotopic (exact) mass is 830 g/mol. The molecule has 2 unspecified atom stereocenters. The molecular formula is C41H54N2O16. The number of esters is 2. The van der Waals surface area contributed by atoms with Crippen LogP contribution < -0.4 is 9.47 Å². The molecule has 0 aliphatic rings. The first-order valence-corrected chi connectivity index (χ1v) is 18.3. The molecule has 2 aromatic rings. The van der Waals surface area contributed by atoms with Crippen molar-refractivity contribution in [2.24, 2.45) is 0 Å². The molecule has 0 aromatic heterocycles. The Morgan fingerprint density at radius 3 is 1.17 bits per heavy atom. The number of rotatable bonds is 26. The molecule has 0 aliphatic heterocycles. The van der Waals surface area contributed by atoms with Crippen molar-refractivity contribution < 1.29 is 78.4 Å². The van der Waals surface area contributed by atoms with Crippen LogP contribution in [0.4, 0.5) is 0 Å². The highest BCUT2D eigenvalue weighted by Gasteiger charge is 2.30. The molecule has 0 aliphatic carbocycles. The summed E-state index contributed by atoms with van der Waals surface area (Å²) >= 11 is 0. The molecule has 59 heavy (non-hydrogen) atoms. The molecule has 324 valence electrons. The van der Waals surface area contributed by atoms with Gasteiger partial charge in [-0.25, -0.2) is 9.59 Å². The van der Waals surface area contributed by atoms with Crippen molar-refractivity contribution in [3.8, 4) is 11.5 Å². The van der Waals surface area contributed by atoms with Gasteiger partial charge in [0, 0.05) is 40.8 Å². The molecule has 0 radical (unpaired) electrons. The minimum Gasteiger partial charge on any atom is -0.490 e. The van der Waals surface area contributed by atoms with Crippen molar-refractivity contribution >= 4 is 35.8 Å². The van der Waals surface area contributed by atoms with E-state index in [0.717, 1.165) is 0 Å². The third-order valence-corrected chi connectivity index (χ3v) is 8.72. The van der Waals surface area contributed by atoms with Gasteiger partial charge in [-0.05, 0) is 62.1 Å². The summed E-state index contributed by atoms with van der Waals surface area (Å²) in [6, 6.07) is 6.98. The van der Waals surface area contributed by atoms with Crippen LogP contribution in [0.25, 0.3) is 0 Å². The normalized spacial score (nSPS) is 12.4. The first-order valence-electron chi connectivity index (χ1n) is 18.3.